The number of ether oxygens (including phenoxy) is 4. The zero-order valence-corrected chi connectivity index (χ0v) is 29.6. The van der Waals surface area contributed by atoms with Crippen molar-refractivity contribution in [3.63, 3.8) is 0 Å². The molecule has 1 N–H and O–H groups in total. The van der Waals surface area contributed by atoms with E-state index in [0.717, 1.165) is 30.6 Å². The highest BCUT2D eigenvalue weighted by Gasteiger charge is 2.39. The van der Waals surface area contributed by atoms with Gasteiger partial charge in [0.05, 0.1) is 20.3 Å². The van der Waals surface area contributed by atoms with E-state index >= 15 is 0 Å². The molecule has 0 spiro atoms. The molecule has 268 valence electrons. The van der Waals surface area contributed by atoms with Gasteiger partial charge in [-0.25, -0.2) is 9.78 Å². The third kappa shape index (κ3) is 9.31. The van der Waals surface area contributed by atoms with Crippen LogP contribution in [0.25, 0.3) is 0 Å². The summed E-state index contributed by atoms with van der Waals surface area (Å²) in [5.41, 5.74) is 2.16. The van der Waals surface area contributed by atoms with Crippen LogP contribution in [0.1, 0.15) is 93.5 Å². The van der Waals surface area contributed by atoms with Crippen molar-refractivity contribution < 1.29 is 33.3 Å². The number of anilines is 1. The van der Waals surface area contributed by atoms with Crippen molar-refractivity contribution in [2.45, 2.75) is 89.8 Å². The fraction of sp³-hybridized carbons (Fsp3) is 0.513. The molecule has 2 amide bonds. The molecule has 2 aliphatic carbocycles. The Labute approximate surface area is 295 Å². The Bertz CT molecular complexity index is 1570. The van der Waals surface area contributed by atoms with Gasteiger partial charge in [-0.15, -0.1) is 0 Å². The van der Waals surface area contributed by atoms with E-state index < -0.39 is 6.09 Å². The first-order valence-electron chi connectivity index (χ1n) is 17.8. The molecule has 2 saturated carbocycles. The highest BCUT2D eigenvalue weighted by atomic mass is 16.5. The van der Waals surface area contributed by atoms with Crippen LogP contribution in [0.4, 0.5) is 10.5 Å². The summed E-state index contributed by atoms with van der Waals surface area (Å²) in [6, 6.07) is 12.8. The van der Waals surface area contributed by atoms with Crippen LogP contribution < -0.4 is 19.5 Å². The van der Waals surface area contributed by atoms with Crippen molar-refractivity contribution >= 4 is 23.5 Å². The second-order valence-electron chi connectivity index (χ2n) is 13.3. The Morgan fingerprint density at radius 2 is 1.64 bits per heavy atom. The summed E-state index contributed by atoms with van der Waals surface area (Å²) in [4.78, 5) is 46.5. The fourth-order valence-corrected chi connectivity index (χ4v) is 7.31. The van der Waals surface area contributed by atoms with E-state index in [0.29, 0.717) is 41.9 Å². The molecule has 1 aromatic carbocycles. The normalized spacial score (nSPS) is 19.6. The second kappa shape index (κ2) is 17.8. The molecular formula is C39H50N4O7. The molecule has 3 aliphatic rings. The number of aromatic nitrogens is 2. The molecule has 3 atom stereocenters. The van der Waals surface area contributed by atoms with Crippen LogP contribution in [0.3, 0.4) is 0 Å². The predicted molar refractivity (Wildman–Crippen MR) is 190 cm³/mol. The minimum absolute atomic E-state index is 0.0663. The Balaban J connectivity index is 0.000000195. The minimum atomic E-state index is -0.394. The summed E-state index contributed by atoms with van der Waals surface area (Å²) in [6.07, 6.45) is 15.2. The van der Waals surface area contributed by atoms with Gasteiger partial charge in [-0.2, -0.15) is 0 Å². The van der Waals surface area contributed by atoms with E-state index in [-0.39, 0.29) is 35.7 Å². The van der Waals surface area contributed by atoms with Gasteiger partial charge in [0.2, 0.25) is 5.88 Å². The summed E-state index contributed by atoms with van der Waals surface area (Å²) in [6.45, 7) is 4.56. The average Bonchev–Trinajstić information content (AvgIpc) is 3.95. The summed E-state index contributed by atoms with van der Waals surface area (Å²) in [5, 5.41) is 2.86. The zero-order chi connectivity index (χ0) is 35.5. The second-order valence-corrected chi connectivity index (χ2v) is 13.3. The van der Waals surface area contributed by atoms with Crippen LogP contribution in [0, 0.1) is 11.8 Å². The summed E-state index contributed by atoms with van der Waals surface area (Å²) in [7, 11) is 2.99. The predicted octanol–water partition coefficient (Wildman–Crippen LogP) is 7.46. The van der Waals surface area contributed by atoms with Gasteiger partial charge in [-0.3, -0.25) is 14.6 Å². The van der Waals surface area contributed by atoms with E-state index in [1.54, 1.807) is 61.8 Å². The topological polar surface area (TPSA) is 129 Å². The van der Waals surface area contributed by atoms with E-state index in [1.165, 1.54) is 45.6 Å². The lowest BCUT2D eigenvalue weighted by Gasteiger charge is -2.23. The Kier molecular flexibility index (Phi) is 13.1. The highest BCUT2D eigenvalue weighted by Crippen LogP contribution is 2.39. The van der Waals surface area contributed by atoms with Gasteiger partial charge in [0, 0.05) is 49.2 Å². The molecule has 1 saturated heterocycles. The number of ketones is 1. The van der Waals surface area contributed by atoms with Gasteiger partial charge in [0.15, 0.2) is 11.5 Å². The lowest BCUT2D eigenvalue weighted by Crippen LogP contribution is -2.29. The van der Waals surface area contributed by atoms with Gasteiger partial charge in [-0.1, -0.05) is 25.8 Å². The van der Waals surface area contributed by atoms with Crippen LogP contribution >= 0.6 is 0 Å². The largest absolute Gasteiger partial charge is 0.493 e. The van der Waals surface area contributed by atoms with Gasteiger partial charge in [0.25, 0.3) is 5.91 Å². The maximum absolute atomic E-state index is 12.6. The van der Waals surface area contributed by atoms with Crippen LogP contribution in [0.2, 0.25) is 0 Å². The molecule has 11 heteroatoms. The maximum atomic E-state index is 12.6. The molecule has 6 rings (SSSR count). The number of methoxy groups -OCH3 is 2. The third-order valence-corrected chi connectivity index (χ3v) is 10.0. The number of rotatable bonds is 11. The number of Topliss-reactive ketones (excluding diaryl/α,β-unsaturated/α-hetero) is 1. The number of carbonyl (C=O) groups excluding carboxylic acids is 3. The Hall–Kier alpha value is -4.67. The molecule has 11 nitrogen and oxygen atoms in total. The minimum Gasteiger partial charge on any atom is -0.493 e. The Morgan fingerprint density at radius 1 is 0.920 bits per heavy atom. The van der Waals surface area contributed by atoms with Gasteiger partial charge < -0.3 is 29.2 Å². The number of benzene rings is 1. The number of pyridine rings is 2. The molecule has 0 bridgehead atoms. The van der Waals surface area contributed by atoms with Crippen LogP contribution in [-0.2, 0) is 9.53 Å². The number of likely N-dealkylation sites (tertiary alicyclic amines) is 1. The van der Waals surface area contributed by atoms with E-state index in [1.807, 2.05) is 18.2 Å². The SMILES string of the molecule is CC[C@H](Oc1ncccc1C(=O)Nc1ccncc1)C1CCCC1.COC(=O)N1C[C@H](C(C)=O)[C@H](c2ccc(OC)c(OC3CCCC3)c2)C1. The summed E-state index contributed by atoms with van der Waals surface area (Å²) >= 11 is 0. The molecule has 3 heterocycles. The van der Waals surface area contributed by atoms with Crippen molar-refractivity contribution in [2.24, 2.45) is 11.8 Å². The lowest BCUT2D eigenvalue weighted by atomic mass is 9.86. The van der Waals surface area contributed by atoms with E-state index in [2.05, 4.69) is 22.2 Å². The first-order chi connectivity index (χ1) is 24.3. The number of carbonyl (C=O) groups is 3. The molecular weight excluding hydrogens is 636 g/mol. The fourth-order valence-electron chi connectivity index (χ4n) is 7.31. The van der Waals surface area contributed by atoms with Crippen LogP contribution in [0.15, 0.2) is 61.1 Å². The third-order valence-electron chi connectivity index (χ3n) is 10.0. The number of hydrogen-bond acceptors (Lipinski definition) is 9. The van der Waals surface area contributed by atoms with Crippen molar-refractivity contribution in [1.29, 1.82) is 0 Å². The lowest BCUT2D eigenvalue weighted by molar-refractivity contribution is -0.120. The van der Waals surface area contributed by atoms with Crippen molar-refractivity contribution in [1.82, 2.24) is 14.9 Å². The number of nitrogens with zero attached hydrogens (tertiary/aromatic N) is 3. The first kappa shape index (κ1) is 36.6. The molecule has 50 heavy (non-hydrogen) atoms. The molecule has 1 aliphatic heterocycles. The zero-order valence-electron chi connectivity index (χ0n) is 29.6. The molecule has 3 fully saturated rings. The smallest absolute Gasteiger partial charge is 0.409 e. The number of hydrogen-bond donors (Lipinski definition) is 1. The molecule has 3 aromatic rings. The van der Waals surface area contributed by atoms with Crippen molar-refractivity contribution in [3.05, 3.63) is 72.2 Å². The number of nitrogens with one attached hydrogen (secondary N) is 1. The average molecular weight is 687 g/mol. The first-order valence-corrected chi connectivity index (χ1v) is 17.8. The standard InChI is InChI=1S/C20H27NO5.C19H23N3O2/c1-13(22)16-11-21(20(23)25-3)12-17(16)14-8-9-18(24-2)19(10-14)26-15-6-4-5-7-15;1-2-17(14-6-3-4-7-14)24-19-16(8-5-11-21-19)18(23)22-15-9-12-20-13-10-15/h8-10,15-17H,4-7,11-12H2,1-3H3;5,8-14,17H,2-4,6-7H2,1H3,(H,20,22,23)/t16-,17+;17-/m10/s1. The van der Waals surface area contributed by atoms with Gasteiger partial charge >= 0.3 is 6.09 Å². The van der Waals surface area contributed by atoms with E-state index in [4.69, 9.17) is 18.9 Å². The quantitative estimate of drug-likeness (QED) is 0.218. The Morgan fingerprint density at radius 3 is 2.30 bits per heavy atom. The van der Waals surface area contributed by atoms with Crippen LogP contribution in [0.5, 0.6) is 17.4 Å². The van der Waals surface area contributed by atoms with Crippen molar-refractivity contribution in [3.8, 4) is 17.4 Å². The summed E-state index contributed by atoms with van der Waals surface area (Å²) in [5.74, 6) is 1.96. The highest BCUT2D eigenvalue weighted by molar-refractivity contribution is 6.05. The van der Waals surface area contributed by atoms with Gasteiger partial charge in [0.1, 0.15) is 17.5 Å². The van der Waals surface area contributed by atoms with Crippen molar-refractivity contribution in [2.75, 3.05) is 32.6 Å². The number of amides is 2. The molecule has 0 radical (unpaired) electrons. The van der Waals surface area contributed by atoms with Crippen LogP contribution in [-0.4, -0.2) is 72.2 Å². The molecule has 2 aromatic heterocycles. The summed E-state index contributed by atoms with van der Waals surface area (Å²) < 4.78 is 22.6. The molecule has 0 unspecified atom stereocenters. The van der Waals surface area contributed by atoms with E-state index in [9.17, 15) is 14.4 Å². The monoisotopic (exact) mass is 686 g/mol. The van der Waals surface area contributed by atoms with Gasteiger partial charge in [-0.05, 0) is 99.7 Å². The maximum Gasteiger partial charge on any atom is 0.409 e.